The van der Waals surface area contributed by atoms with Gasteiger partial charge >= 0.3 is 0 Å². The second-order valence-corrected chi connectivity index (χ2v) is 5.56. The lowest BCUT2D eigenvalue weighted by atomic mass is 10.0. The minimum atomic E-state index is -0.454. The number of hydrogen-bond donors (Lipinski definition) is 0. The summed E-state index contributed by atoms with van der Waals surface area (Å²) in [6.07, 6.45) is 2.96. The highest BCUT2D eigenvalue weighted by atomic mass is 16.5. The van der Waals surface area contributed by atoms with Crippen LogP contribution in [-0.2, 0) is 9.59 Å². The van der Waals surface area contributed by atoms with E-state index in [1.807, 2.05) is 24.3 Å². The van der Waals surface area contributed by atoms with Gasteiger partial charge < -0.3 is 9.64 Å². The van der Waals surface area contributed by atoms with Crippen molar-refractivity contribution in [1.82, 2.24) is 0 Å². The van der Waals surface area contributed by atoms with Crippen molar-refractivity contribution < 1.29 is 14.3 Å². The first-order valence-electron chi connectivity index (χ1n) is 7.26. The van der Waals surface area contributed by atoms with E-state index in [0.717, 1.165) is 30.7 Å². The molecule has 4 heteroatoms. The Bertz CT molecular complexity index is 540. The molecule has 1 amide bonds. The standard InChI is InChI=1S/C16H19NO3/c1-11-16(19)17(10-9-12-5-4-7-14(12)18)13-6-2-3-8-15(13)20-11/h2-3,6,8,11-12H,4-5,7,9-10H2,1H3. The van der Waals surface area contributed by atoms with Crippen LogP contribution in [0.5, 0.6) is 5.75 Å². The highest BCUT2D eigenvalue weighted by Crippen LogP contribution is 2.34. The zero-order valence-electron chi connectivity index (χ0n) is 11.7. The summed E-state index contributed by atoms with van der Waals surface area (Å²) in [4.78, 5) is 25.8. The zero-order chi connectivity index (χ0) is 14.1. The Labute approximate surface area is 118 Å². The summed E-state index contributed by atoms with van der Waals surface area (Å²) in [5, 5.41) is 0. The number of rotatable bonds is 3. The van der Waals surface area contributed by atoms with Gasteiger partial charge in [0.25, 0.3) is 5.91 Å². The van der Waals surface area contributed by atoms with Crippen molar-refractivity contribution in [2.45, 2.75) is 38.7 Å². The van der Waals surface area contributed by atoms with Crippen LogP contribution < -0.4 is 9.64 Å². The van der Waals surface area contributed by atoms with Crippen LogP contribution in [0.15, 0.2) is 24.3 Å². The van der Waals surface area contributed by atoms with Crippen molar-refractivity contribution in [3.05, 3.63) is 24.3 Å². The van der Waals surface area contributed by atoms with E-state index in [0.29, 0.717) is 18.7 Å². The molecule has 2 unspecified atom stereocenters. The van der Waals surface area contributed by atoms with Gasteiger partial charge in [0.2, 0.25) is 0 Å². The van der Waals surface area contributed by atoms with Crippen molar-refractivity contribution >= 4 is 17.4 Å². The number of para-hydroxylation sites is 2. The van der Waals surface area contributed by atoms with Gasteiger partial charge in [0.05, 0.1) is 5.69 Å². The Morgan fingerprint density at radius 2 is 2.10 bits per heavy atom. The lowest BCUT2D eigenvalue weighted by Crippen LogP contribution is -2.45. The van der Waals surface area contributed by atoms with E-state index in [-0.39, 0.29) is 11.8 Å². The number of hydrogen-bond acceptors (Lipinski definition) is 3. The van der Waals surface area contributed by atoms with Crippen molar-refractivity contribution in [3.8, 4) is 5.75 Å². The average molecular weight is 273 g/mol. The van der Waals surface area contributed by atoms with Crippen LogP contribution in [0.4, 0.5) is 5.69 Å². The first-order valence-corrected chi connectivity index (χ1v) is 7.26. The van der Waals surface area contributed by atoms with Gasteiger partial charge in [-0.15, -0.1) is 0 Å². The van der Waals surface area contributed by atoms with Crippen LogP contribution in [0.1, 0.15) is 32.6 Å². The maximum Gasteiger partial charge on any atom is 0.267 e. The number of fused-ring (bicyclic) bond motifs is 1. The molecule has 1 fully saturated rings. The Hall–Kier alpha value is -1.84. The lowest BCUT2D eigenvalue weighted by Gasteiger charge is -2.33. The van der Waals surface area contributed by atoms with Crippen LogP contribution in [0.2, 0.25) is 0 Å². The van der Waals surface area contributed by atoms with E-state index in [2.05, 4.69) is 0 Å². The van der Waals surface area contributed by atoms with Crippen molar-refractivity contribution in [1.29, 1.82) is 0 Å². The van der Waals surface area contributed by atoms with Gasteiger partial charge in [-0.25, -0.2) is 0 Å². The predicted octanol–water partition coefficient (Wildman–Crippen LogP) is 2.56. The summed E-state index contributed by atoms with van der Waals surface area (Å²) in [7, 11) is 0. The molecule has 1 aromatic carbocycles. The third-order valence-electron chi connectivity index (χ3n) is 4.21. The van der Waals surface area contributed by atoms with E-state index in [1.165, 1.54) is 0 Å². The molecule has 0 spiro atoms. The highest BCUT2D eigenvalue weighted by molar-refractivity contribution is 5.99. The van der Waals surface area contributed by atoms with E-state index < -0.39 is 6.10 Å². The number of Topliss-reactive ketones (excluding diaryl/α,β-unsaturated/α-hetero) is 1. The van der Waals surface area contributed by atoms with Gasteiger partial charge in [-0.05, 0) is 38.3 Å². The summed E-state index contributed by atoms with van der Waals surface area (Å²) in [5.74, 6) is 1.21. The third kappa shape index (κ3) is 2.30. The van der Waals surface area contributed by atoms with Gasteiger partial charge in [0, 0.05) is 18.9 Å². The SMILES string of the molecule is CC1Oc2ccccc2N(CCC2CCCC2=O)C1=O. The molecule has 0 radical (unpaired) electrons. The monoisotopic (exact) mass is 273 g/mol. The van der Waals surface area contributed by atoms with Gasteiger partial charge in [0.1, 0.15) is 11.5 Å². The molecular weight excluding hydrogens is 254 g/mol. The molecule has 1 aliphatic heterocycles. The van der Waals surface area contributed by atoms with Crippen molar-refractivity contribution in [3.63, 3.8) is 0 Å². The molecule has 0 N–H and O–H groups in total. The molecule has 20 heavy (non-hydrogen) atoms. The second kappa shape index (κ2) is 5.27. The average Bonchev–Trinajstić information content (AvgIpc) is 2.85. The van der Waals surface area contributed by atoms with E-state index in [9.17, 15) is 9.59 Å². The zero-order valence-corrected chi connectivity index (χ0v) is 11.7. The molecule has 1 aliphatic carbocycles. The first kappa shape index (κ1) is 13.2. The molecule has 2 atom stereocenters. The fourth-order valence-electron chi connectivity index (χ4n) is 3.07. The number of ketones is 1. The van der Waals surface area contributed by atoms with Crippen LogP contribution >= 0.6 is 0 Å². The molecule has 1 aromatic rings. The number of carbonyl (C=O) groups excluding carboxylic acids is 2. The second-order valence-electron chi connectivity index (χ2n) is 5.56. The Morgan fingerprint density at radius 3 is 2.85 bits per heavy atom. The van der Waals surface area contributed by atoms with Crippen molar-refractivity contribution in [2.75, 3.05) is 11.4 Å². The third-order valence-corrected chi connectivity index (χ3v) is 4.21. The van der Waals surface area contributed by atoms with E-state index >= 15 is 0 Å². The first-order chi connectivity index (χ1) is 9.66. The van der Waals surface area contributed by atoms with E-state index in [4.69, 9.17) is 4.74 Å². The molecule has 0 saturated heterocycles. The summed E-state index contributed by atoms with van der Waals surface area (Å²) < 4.78 is 5.61. The minimum absolute atomic E-state index is 0.0193. The quantitative estimate of drug-likeness (QED) is 0.850. The maximum absolute atomic E-state index is 12.3. The van der Waals surface area contributed by atoms with Crippen molar-refractivity contribution in [2.24, 2.45) is 5.92 Å². The van der Waals surface area contributed by atoms with Crippen LogP contribution in [0.3, 0.4) is 0 Å². The largest absolute Gasteiger partial charge is 0.479 e. The number of amides is 1. The van der Waals surface area contributed by atoms with E-state index in [1.54, 1.807) is 11.8 Å². The minimum Gasteiger partial charge on any atom is -0.479 e. The molecule has 0 aromatic heterocycles. The van der Waals surface area contributed by atoms with Crippen LogP contribution in [0.25, 0.3) is 0 Å². The smallest absolute Gasteiger partial charge is 0.267 e. The summed E-state index contributed by atoms with van der Waals surface area (Å²) in [6.45, 7) is 2.37. The van der Waals surface area contributed by atoms with Gasteiger partial charge in [-0.3, -0.25) is 9.59 Å². The number of ether oxygens (including phenoxy) is 1. The fraction of sp³-hybridized carbons (Fsp3) is 0.500. The highest BCUT2D eigenvalue weighted by Gasteiger charge is 2.32. The number of nitrogens with zero attached hydrogens (tertiary/aromatic N) is 1. The molecule has 4 nitrogen and oxygen atoms in total. The van der Waals surface area contributed by atoms with Gasteiger partial charge in [-0.1, -0.05) is 12.1 Å². The lowest BCUT2D eigenvalue weighted by molar-refractivity contribution is -0.126. The maximum atomic E-state index is 12.3. The molecule has 3 rings (SSSR count). The normalized spacial score (nSPS) is 25.6. The van der Waals surface area contributed by atoms with Gasteiger partial charge in [0.15, 0.2) is 6.10 Å². The summed E-state index contributed by atoms with van der Waals surface area (Å²) in [5.41, 5.74) is 0.820. The fourth-order valence-corrected chi connectivity index (χ4v) is 3.07. The summed E-state index contributed by atoms with van der Waals surface area (Å²) >= 11 is 0. The molecule has 1 saturated carbocycles. The summed E-state index contributed by atoms with van der Waals surface area (Å²) in [6, 6.07) is 7.58. The van der Waals surface area contributed by atoms with Crippen LogP contribution in [-0.4, -0.2) is 24.3 Å². The Balaban J connectivity index is 1.77. The molecular formula is C16H19NO3. The molecule has 106 valence electrons. The predicted molar refractivity (Wildman–Crippen MR) is 75.9 cm³/mol. The Morgan fingerprint density at radius 1 is 1.30 bits per heavy atom. The number of anilines is 1. The number of carbonyl (C=O) groups is 2. The van der Waals surface area contributed by atoms with Gasteiger partial charge in [-0.2, -0.15) is 0 Å². The van der Waals surface area contributed by atoms with Crippen LogP contribution in [0, 0.1) is 5.92 Å². The number of benzene rings is 1. The molecule has 2 aliphatic rings. The molecule has 1 heterocycles. The topological polar surface area (TPSA) is 46.6 Å². The molecule has 0 bridgehead atoms. The Kier molecular flexibility index (Phi) is 3.47.